The van der Waals surface area contributed by atoms with Crippen LogP contribution in [0.1, 0.15) is 37.7 Å². The average molecular weight is 344 g/mol. The maximum absolute atomic E-state index is 12.9. The van der Waals surface area contributed by atoms with E-state index in [0.29, 0.717) is 0 Å². The number of rotatable bonds is 2. The normalized spacial score (nSPS) is 19.4. The third kappa shape index (κ3) is 3.68. The number of azo groups is 1. The van der Waals surface area contributed by atoms with Gasteiger partial charge in [-0.2, -0.15) is 23.4 Å². The van der Waals surface area contributed by atoms with E-state index in [-0.39, 0.29) is 10.7 Å². The van der Waals surface area contributed by atoms with Crippen LogP contribution in [0.2, 0.25) is 5.02 Å². The van der Waals surface area contributed by atoms with Crippen LogP contribution < -0.4 is 0 Å². The van der Waals surface area contributed by atoms with Gasteiger partial charge in [-0.15, -0.1) is 0 Å². The monoisotopic (exact) mass is 343 g/mol. The van der Waals surface area contributed by atoms with Crippen LogP contribution in [0.25, 0.3) is 0 Å². The minimum atomic E-state index is -4.49. The summed E-state index contributed by atoms with van der Waals surface area (Å²) in [4.78, 5) is 2.32. The van der Waals surface area contributed by atoms with Gasteiger partial charge in [-0.05, 0) is 50.3 Å². The van der Waals surface area contributed by atoms with Crippen LogP contribution in [0, 0.1) is 0 Å². The van der Waals surface area contributed by atoms with Crippen LogP contribution in [-0.4, -0.2) is 18.0 Å². The molecule has 2 aliphatic rings. The summed E-state index contributed by atoms with van der Waals surface area (Å²) in [5, 5.41) is 7.94. The second kappa shape index (κ2) is 6.51. The molecule has 0 unspecified atom stereocenters. The van der Waals surface area contributed by atoms with Gasteiger partial charge in [0.05, 0.1) is 22.0 Å². The van der Waals surface area contributed by atoms with Gasteiger partial charge < -0.3 is 4.90 Å². The van der Waals surface area contributed by atoms with Crippen molar-refractivity contribution in [1.29, 1.82) is 0 Å². The molecule has 23 heavy (non-hydrogen) atoms. The predicted molar refractivity (Wildman–Crippen MR) is 82.7 cm³/mol. The number of fused-ring (bicyclic) bond motifs is 1. The summed E-state index contributed by atoms with van der Waals surface area (Å²) < 4.78 is 38.6. The van der Waals surface area contributed by atoms with E-state index in [1.54, 1.807) is 0 Å². The summed E-state index contributed by atoms with van der Waals surface area (Å²) in [5.74, 6) is 0. The summed E-state index contributed by atoms with van der Waals surface area (Å²) in [6, 6.07) is 3.61. The molecule has 1 aromatic rings. The second-order valence-electron chi connectivity index (χ2n) is 5.80. The molecular formula is C16H17ClF3N3. The molecule has 0 spiro atoms. The number of halogens is 4. The zero-order valence-electron chi connectivity index (χ0n) is 12.5. The lowest BCUT2D eigenvalue weighted by atomic mass is 9.99. The summed E-state index contributed by atoms with van der Waals surface area (Å²) in [6.07, 6.45) is 0.629. The van der Waals surface area contributed by atoms with E-state index in [9.17, 15) is 13.2 Å². The number of alkyl halides is 3. The van der Waals surface area contributed by atoms with Crippen LogP contribution in [0.5, 0.6) is 0 Å². The Morgan fingerprint density at radius 1 is 1.00 bits per heavy atom. The fraction of sp³-hybridized carbons (Fsp3) is 0.500. The first-order valence-corrected chi connectivity index (χ1v) is 8.08. The quantitative estimate of drug-likeness (QED) is 0.611. The lowest BCUT2D eigenvalue weighted by Gasteiger charge is -2.35. The Morgan fingerprint density at radius 3 is 2.57 bits per heavy atom. The van der Waals surface area contributed by atoms with Crippen LogP contribution in [-0.2, 0) is 6.18 Å². The number of hydrogen-bond acceptors (Lipinski definition) is 3. The Hall–Kier alpha value is -1.56. The van der Waals surface area contributed by atoms with E-state index in [2.05, 4.69) is 15.1 Å². The van der Waals surface area contributed by atoms with Crippen molar-refractivity contribution >= 4 is 17.3 Å². The molecule has 124 valence electrons. The molecule has 3 nitrogen and oxygen atoms in total. The van der Waals surface area contributed by atoms with Gasteiger partial charge in [0.1, 0.15) is 0 Å². The molecule has 0 aromatic heterocycles. The number of benzene rings is 1. The minimum absolute atomic E-state index is 0.169. The molecule has 0 N–H and O–H groups in total. The van der Waals surface area contributed by atoms with Crippen LogP contribution in [0.15, 0.2) is 39.8 Å². The molecule has 1 aromatic carbocycles. The number of hydrogen-bond donors (Lipinski definition) is 0. The zero-order chi connectivity index (χ0) is 16.4. The highest BCUT2D eigenvalue weighted by atomic mass is 35.5. The third-order valence-corrected chi connectivity index (χ3v) is 4.52. The lowest BCUT2D eigenvalue weighted by Crippen LogP contribution is -2.32. The fourth-order valence-corrected chi connectivity index (χ4v) is 3.29. The molecule has 2 heterocycles. The van der Waals surface area contributed by atoms with E-state index in [1.807, 2.05) is 0 Å². The Kier molecular flexibility index (Phi) is 4.62. The van der Waals surface area contributed by atoms with Crippen molar-refractivity contribution in [2.45, 2.75) is 38.3 Å². The van der Waals surface area contributed by atoms with Crippen LogP contribution in [0.4, 0.5) is 18.9 Å². The molecule has 2 aliphatic heterocycles. The summed E-state index contributed by atoms with van der Waals surface area (Å²) >= 11 is 5.61. The fourth-order valence-electron chi connectivity index (χ4n) is 3.06. The maximum Gasteiger partial charge on any atom is 0.417 e. The molecule has 7 heteroatoms. The summed E-state index contributed by atoms with van der Waals surface area (Å²) in [5.41, 5.74) is 1.40. The average Bonchev–Trinajstić information content (AvgIpc) is 2.53. The topological polar surface area (TPSA) is 28.0 Å². The number of nitrogens with zero attached hydrogens (tertiary/aromatic N) is 3. The third-order valence-electron chi connectivity index (χ3n) is 4.19. The first-order chi connectivity index (χ1) is 10.9. The zero-order valence-corrected chi connectivity index (χ0v) is 13.3. The molecule has 0 atom stereocenters. The van der Waals surface area contributed by atoms with E-state index in [1.165, 1.54) is 24.3 Å². The molecule has 0 amide bonds. The summed E-state index contributed by atoms with van der Waals surface area (Å²) in [7, 11) is 0. The highest BCUT2D eigenvalue weighted by Gasteiger charge is 2.33. The Balaban J connectivity index is 1.86. The van der Waals surface area contributed by atoms with Gasteiger partial charge >= 0.3 is 6.18 Å². The first kappa shape index (κ1) is 16.3. The second-order valence-corrected chi connectivity index (χ2v) is 6.21. The molecule has 0 bridgehead atoms. The van der Waals surface area contributed by atoms with Gasteiger partial charge in [-0.3, -0.25) is 0 Å². The van der Waals surface area contributed by atoms with Gasteiger partial charge in [0.25, 0.3) is 0 Å². The van der Waals surface area contributed by atoms with Crippen molar-refractivity contribution in [2.24, 2.45) is 10.2 Å². The van der Waals surface area contributed by atoms with Crippen molar-refractivity contribution in [3.8, 4) is 0 Å². The summed E-state index contributed by atoms with van der Waals surface area (Å²) in [6.45, 7) is 2.07. The number of allylic oxidation sites excluding steroid dienone is 2. The molecule has 0 radical (unpaired) electrons. The Morgan fingerprint density at radius 2 is 1.78 bits per heavy atom. The standard InChI is InChI=1S/C16H17ClF3N3/c17-13-7-6-11(10-12(13)16(18,19)20)21-22-14-4-3-9-23-8-2-1-5-15(14)23/h6-7,10H,1-5,8-9H2. The van der Waals surface area contributed by atoms with Crippen molar-refractivity contribution in [3.63, 3.8) is 0 Å². The molecule has 0 saturated carbocycles. The Labute approximate surface area is 137 Å². The van der Waals surface area contributed by atoms with Gasteiger partial charge in [0.15, 0.2) is 0 Å². The van der Waals surface area contributed by atoms with E-state index in [4.69, 9.17) is 11.6 Å². The van der Waals surface area contributed by atoms with Gasteiger partial charge in [-0.1, -0.05) is 11.6 Å². The SMILES string of the molecule is FC(F)(F)c1cc(N=NC2=C3CCCCN3CCC2)ccc1Cl. The molecule has 0 aliphatic carbocycles. The minimum Gasteiger partial charge on any atom is -0.373 e. The van der Waals surface area contributed by atoms with Crippen molar-refractivity contribution in [2.75, 3.05) is 13.1 Å². The smallest absolute Gasteiger partial charge is 0.373 e. The van der Waals surface area contributed by atoms with Crippen LogP contribution >= 0.6 is 11.6 Å². The van der Waals surface area contributed by atoms with Crippen molar-refractivity contribution < 1.29 is 13.2 Å². The van der Waals surface area contributed by atoms with Gasteiger partial charge in [-0.25, -0.2) is 0 Å². The van der Waals surface area contributed by atoms with Crippen molar-refractivity contribution in [3.05, 3.63) is 40.2 Å². The maximum atomic E-state index is 12.9. The number of piperidine rings is 1. The van der Waals surface area contributed by atoms with Gasteiger partial charge in [0, 0.05) is 18.8 Å². The van der Waals surface area contributed by atoms with E-state index < -0.39 is 11.7 Å². The molecule has 3 rings (SSSR count). The van der Waals surface area contributed by atoms with E-state index in [0.717, 1.165) is 50.5 Å². The highest BCUT2D eigenvalue weighted by molar-refractivity contribution is 6.31. The molecule has 1 saturated heterocycles. The Bertz CT molecular complexity index is 652. The van der Waals surface area contributed by atoms with Crippen LogP contribution in [0.3, 0.4) is 0 Å². The first-order valence-electron chi connectivity index (χ1n) is 7.70. The van der Waals surface area contributed by atoms with Gasteiger partial charge in [0.2, 0.25) is 0 Å². The predicted octanol–water partition coefficient (Wildman–Crippen LogP) is 5.93. The van der Waals surface area contributed by atoms with Crippen molar-refractivity contribution in [1.82, 2.24) is 4.90 Å². The molecule has 1 fully saturated rings. The lowest BCUT2D eigenvalue weighted by molar-refractivity contribution is -0.137. The molecular weight excluding hydrogens is 327 g/mol. The van der Waals surface area contributed by atoms with E-state index >= 15 is 0 Å². The largest absolute Gasteiger partial charge is 0.417 e. The highest BCUT2D eigenvalue weighted by Crippen LogP contribution is 2.37.